The number of hydrogen-bond donors (Lipinski definition) is 3. The molecule has 0 heterocycles. The van der Waals surface area contributed by atoms with Crippen molar-refractivity contribution in [3.8, 4) is 0 Å². The molecular weight excluding hydrogens is 394 g/mol. The third kappa shape index (κ3) is 5.87. The van der Waals surface area contributed by atoms with Crippen LogP contribution in [0, 0.1) is 10.1 Å². The zero-order chi connectivity index (χ0) is 20.0. The van der Waals surface area contributed by atoms with Crippen LogP contribution in [-0.4, -0.2) is 27.0 Å². The maximum atomic E-state index is 11.9. The number of carboxylic acids is 1. The molecule has 10 heteroatoms. The minimum Gasteiger partial charge on any atom is -0.478 e. The van der Waals surface area contributed by atoms with Crippen LogP contribution in [-0.2, 0) is 4.79 Å². The Hall–Kier alpha value is -3.30. The zero-order valence-corrected chi connectivity index (χ0v) is 15.1. The summed E-state index contributed by atoms with van der Waals surface area (Å²) in [6.07, 6.45) is 2.53. The highest BCUT2D eigenvalue weighted by Gasteiger charge is 2.12. The van der Waals surface area contributed by atoms with E-state index in [0.717, 1.165) is 6.08 Å². The molecule has 0 saturated carbocycles. The molecule has 2 aromatic carbocycles. The van der Waals surface area contributed by atoms with Gasteiger partial charge in [-0.3, -0.25) is 20.2 Å². The molecule has 0 aromatic heterocycles. The smallest absolute Gasteiger partial charge is 0.337 e. The number of carboxylic acid groups (broad SMARTS) is 1. The van der Waals surface area contributed by atoms with Crippen LogP contribution in [0.5, 0.6) is 0 Å². The van der Waals surface area contributed by atoms with E-state index in [2.05, 4.69) is 10.6 Å². The van der Waals surface area contributed by atoms with Crippen LogP contribution in [0.15, 0.2) is 48.5 Å². The lowest BCUT2D eigenvalue weighted by Gasteiger charge is -2.11. The first-order chi connectivity index (χ1) is 12.8. The van der Waals surface area contributed by atoms with E-state index in [9.17, 15) is 19.7 Å². The van der Waals surface area contributed by atoms with Crippen molar-refractivity contribution in [1.29, 1.82) is 0 Å². The molecule has 0 aliphatic heterocycles. The van der Waals surface area contributed by atoms with Gasteiger partial charge in [0.1, 0.15) is 0 Å². The van der Waals surface area contributed by atoms with Crippen LogP contribution in [0.3, 0.4) is 0 Å². The van der Waals surface area contributed by atoms with Gasteiger partial charge in [-0.2, -0.15) is 0 Å². The quantitative estimate of drug-likeness (QED) is 0.301. The summed E-state index contributed by atoms with van der Waals surface area (Å²) in [5.41, 5.74) is 0.425. The number of anilines is 1. The van der Waals surface area contributed by atoms with E-state index in [1.807, 2.05) is 0 Å². The van der Waals surface area contributed by atoms with Gasteiger partial charge in [0, 0.05) is 23.2 Å². The van der Waals surface area contributed by atoms with E-state index < -0.39 is 16.8 Å². The summed E-state index contributed by atoms with van der Waals surface area (Å²) in [6, 6.07) is 9.89. The molecule has 0 radical (unpaired) electrons. The number of benzene rings is 2. The second-order valence-electron chi connectivity index (χ2n) is 5.12. The molecule has 1 amide bonds. The Morgan fingerprint density at radius 1 is 1.22 bits per heavy atom. The number of nitrogens with zero attached hydrogens (tertiary/aromatic N) is 1. The molecule has 2 rings (SSSR count). The maximum Gasteiger partial charge on any atom is 0.337 e. The summed E-state index contributed by atoms with van der Waals surface area (Å²) in [7, 11) is 0. The molecule has 0 fully saturated rings. The summed E-state index contributed by atoms with van der Waals surface area (Å²) >= 11 is 10.8. The Morgan fingerprint density at radius 3 is 2.63 bits per heavy atom. The number of carbonyl (C=O) groups is 2. The first kappa shape index (κ1) is 20.0. The molecule has 138 valence electrons. The van der Waals surface area contributed by atoms with Crippen molar-refractivity contribution in [2.24, 2.45) is 0 Å². The largest absolute Gasteiger partial charge is 0.478 e. The van der Waals surface area contributed by atoms with Crippen LogP contribution in [0.1, 0.15) is 15.9 Å². The van der Waals surface area contributed by atoms with Crippen LogP contribution >= 0.6 is 23.8 Å². The van der Waals surface area contributed by atoms with Crippen LogP contribution in [0.25, 0.3) is 6.08 Å². The van der Waals surface area contributed by atoms with Gasteiger partial charge in [-0.05, 0) is 42.1 Å². The Kier molecular flexibility index (Phi) is 6.58. The molecule has 2 aromatic rings. The number of hydrogen-bond acceptors (Lipinski definition) is 5. The minimum atomic E-state index is -1.21. The third-order valence-electron chi connectivity index (χ3n) is 3.21. The molecule has 0 spiro atoms. The van der Waals surface area contributed by atoms with Gasteiger partial charge in [0.05, 0.1) is 16.2 Å². The SMILES string of the molecule is O=C(C=Cc1cccc([N+](=O)[O-])c1)NC(=S)Nc1ccc(Cl)cc1C(=O)O. The number of nitrogens with one attached hydrogen (secondary N) is 2. The third-order valence-corrected chi connectivity index (χ3v) is 3.64. The maximum absolute atomic E-state index is 11.9. The minimum absolute atomic E-state index is 0.0984. The number of nitro benzene ring substituents is 1. The van der Waals surface area contributed by atoms with E-state index in [0.29, 0.717) is 5.56 Å². The lowest BCUT2D eigenvalue weighted by Crippen LogP contribution is -2.33. The molecule has 3 N–H and O–H groups in total. The molecule has 0 unspecified atom stereocenters. The van der Waals surface area contributed by atoms with E-state index in [-0.39, 0.29) is 27.1 Å². The molecule has 0 aliphatic rings. The second-order valence-corrected chi connectivity index (χ2v) is 5.97. The van der Waals surface area contributed by atoms with E-state index >= 15 is 0 Å². The van der Waals surface area contributed by atoms with Crippen molar-refractivity contribution in [2.75, 3.05) is 5.32 Å². The van der Waals surface area contributed by atoms with Gasteiger partial charge < -0.3 is 10.4 Å². The molecule has 8 nitrogen and oxygen atoms in total. The fourth-order valence-corrected chi connectivity index (χ4v) is 2.41. The number of thiocarbonyl (C=S) groups is 1. The lowest BCUT2D eigenvalue weighted by molar-refractivity contribution is -0.384. The van der Waals surface area contributed by atoms with Crippen molar-refractivity contribution < 1.29 is 19.6 Å². The zero-order valence-electron chi connectivity index (χ0n) is 13.5. The molecular formula is C17H12ClN3O5S. The number of rotatable bonds is 5. The van der Waals surface area contributed by atoms with Crippen LogP contribution in [0.4, 0.5) is 11.4 Å². The number of amides is 1. The molecule has 0 bridgehead atoms. The predicted octanol–water partition coefficient (Wildman–Crippen LogP) is 3.47. The average Bonchev–Trinajstić information content (AvgIpc) is 2.61. The van der Waals surface area contributed by atoms with E-state index in [1.165, 1.54) is 42.5 Å². The van der Waals surface area contributed by atoms with Gasteiger partial charge >= 0.3 is 5.97 Å². The standard InChI is InChI=1S/C17H12ClN3O5S/c18-11-5-6-14(13(9-11)16(23)24)19-17(27)20-15(22)7-4-10-2-1-3-12(8-10)21(25)26/h1-9H,(H,23,24)(H2,19,20,22,27). The summed E-state index contributed by atoms with van der Waals surface area (Å²) in [4.78, 5) is 33.3. The monoisotopic (exact) mass is 405 g/mol. The van der Waals surface area contributed by atoms with Gasteiger partial charge in [-0.25, -0.2) is 4.79 Å². The fourth-order valence-electron chi connectivity index (χ4n) is 2.02. The van der Waals surface area contributed by atoms with Crippen LogP contribution in [0.2, 0.25) is 5.02 Å². The summed E-state index contributed by atoms with van der Waals surface area (Å²) in [5.74, 6) is -1.80. The van der Waals surface area contributed by atoms with E-state index in [1.54, 1.807) is 6.07 Å². The lowest BCUT2D eigenvalue weighted by atomic mass is 10.2. The Bertz CT molecular complexity index is 961. The number of carbonyl (C=O) groups excluding carboxylic acids is 1. The number of aromatic carboxylic acids is 1. The highest BCUT2D eigenvalue weighted by molar-refractivity contribution is 7.80. The topological polar surface area (TPSA) is 122 Å². The first-order valence-electron chi connectivity index (χ1n) is 7.33. The van der Waals surface area contributed by atoms with Gasteiger partial charge in [0.25, 0.3) is 5.69 Å². The Labute approximate surface area is 163 Å². The normalized spacial score (nSPS) is 10.4. The number of non-ortho nitro benzene ring substituents is 1. The second kappa shape index (κ2) is 8.88. The summed E-state index contributed by atoms with van der Waals surface area (Å²) in [5, 5.41) is 25.0. The van der Waals surface area contributed by atoms with Gasteiger partial charge in [-0.15, -0.1) is 0 Å². The van der Waals surface area contributed by atoms with Gasteiger partial charge in [0.15, 0.2) is 5.11 Å². The van der Waals surface area contributed by atoms with Gasteiger partial charge in [-0.1, -0.05) is 23.7 Å². The Morgan fingerprint density at radius 2 is 1.96 bits per heavy atom. The van der Waals surface area contributed by atoms with Crippen LogP contribution < -0.4 is 10.6 Å². The molecule has 0 saturated heterocycles. The highest BCUT2D eigenvalue weighted by Crippen LogP contribution is 2.20. The summed E-state index contributed by atoms with van der Waals surface area (Å²) < 4.78 is 0. The van der Waals surface area contributed by atoms with Crippen molar-refractivity contribution in [3.05, 3.63) is 74.8 Å². The molecule has 27 heavy (non-hydrogen) atoms. The Balaban J connectivity index is 2.02. The average molecular weight is 406 g/mol. The van der Waals surface area contributed by atoms with Gasteiger partial charge in [0.2, 0.25) is 5.91 Å². The first-order valence-corrected chi connectivity index (χ1v) is 8.12. The van der Waals surface area contributed by atoms with Crippen molar-refractivity contribution in [3.63, 3.8) is 0 Å². The van der Waals surface area contributed by atoms with Crippen molar-refractivity contribution >= 4 is 58.3 Å². The number of halogens is 1. The van der Waals surface area contributed by atoms with E-state index in [4.69, 9.17) is 28.9 Å². The van der Waals surface area contributed by atoms with Crippen molar-refractivity contribution in [2.45, 2.75) is 0 Å². The molecule has 0 atom stereocenters. The predicted molar refractivity (Wildman–Crippen MR) is 105 cm³/mol. The number of nitro groups is 1. The summed E-state index contributed by atoms with van der Waals surface area (Å²) in [6.45, 7) is 0. The fraction of sp³-hybridized carbons (Fsp3) is 0. The highest BCUT2D eigenvalue weighted by atomic mass is 35.5. The van der Waals surface area contributed by atoms with Crippen molar-refractivity contribution in [1.82, 2.24) is 5.32 Å². The molecule has 0 aliphatic carbocycles.